The Morgan fingerprint density at radius 2 is 2.31 bits per heavy atom. The van der Waals surface area contributed by atoms with Gasteiger partial charge in [0, 0.05) is 0 Å². The minimum Gasteiger partial charge on any atom is -0.461 e. The van der Waals surface area contributed by atoms with Crippen LogP contribution in [0.4, 0.5) is 0 Å². The number of aromatic nitrogens is 3. The fraction of sp³-hybridized carbons (Fsp3) is 0.300. The highest BCUT2D eigenvalue weighted by Gasteiger charge is 2.14. The predicted molar refractivity (Wildman–Crippen MR) is 56.5 cm³/mol. The van der Waals surface area contributed by atoms with E-state index in [1.165, 1.54) is 16.6 Å². The fourth-order valence-corrected chi connectivity index (χ4v) is 1.47. The maximum atomic E-state index is 11.5. The van der Waals surface area contributed by atoms with Crippen molar-refractivity contribution in [3.05, 3.63) is 34.0 Å². The number of aromatic amines is 1. The molecule has 2 rings (SSSR count). The topological polar surface area (TPSA) is 76.5 Å². The summed E-state index contributed by atoms with van der Waals surface area (Å²) in [5.41, 5.74) is 0.308. The lowest BCUT2D eigenvalue weighted by atomic mass is 10.4. The highest BCUT2D eigenvalue weighted by atomic mass is 16.5. The van der Waals surface area contributed by atoms with Crippen LogP contribution in [0.5, 0.6) is 0 Å². The van der Waals surface area contributed by atoms with Crippen molar-refractivity contribution in [2.45, 2.75) is 13.8 Å². The summed E-state index contributed by atoms with van der Waals surface area (Å²) in [5.74, 6) is -0.0424. The molecule has 1 N–H and O–H groups in total. The second kappa shape index (κ2) is 3.80. The number of H-pyrrole nitrogens is 1. The van der Waals surface area contributed by atoms with Gasteiger partial charge in [-0.3, -0.25) is 4.79 Å². The van der Waals surface area contributed by atoms with Gasteiger partial charge in [0.05, 0.1) is 6.61 Å². The molecular formula is C10H11N3O3. The van der Waals surface area contributed by atoms with Gasteiger partial charge in [-0.15, -0.1) is 0 Å². The zero-order valence-electron chi connectivity index (χ0n) is 8.98. The van der Waals surface area contributed by atoms with Crippen molar-refractivity contribution in [1.82, 2.24) is 14.6 Å². The van der Waals surface area contributed by atoms with Crippen LogP contribution < -0.4 is 5.56 Å². The summed E-state index contributed by atoms with van der Waals surface area (Å²) >= 11 is 0. The molecule has 0 atom stereocenters. The first kappa shape index (κ1) is 10.4. The molecule has 0 aliphatic heterocycles. The molecule has 6 nitrogen and oxygen atoms in total. The largest absolute Gasteiger partial charge is 0.461 e. The number of nitrogens with zero attached hydrogens (tertiary/aromatic N) is 2. The van der Waals surface area contributed by atoms with Crippen LogP contribution in [0.25, 0.3) is 5.52 Å². The van der Waals surface area contributed by atoms with Gasteiger partial charge in [-0.1, -0.05) is 0 Å². The monoisotopic (exact) mass is 221 g/mol. The second-order valence-electron chi connectivity index (χ2n) is 3.28. The zero-order valence-corrected chi connectivity index (χ0v) is 8.98. The molecule has 0 aromatic carbocycles. The van der Waals surface area contributed by atoms with Gasteiger partial charge >= 0.3 is 5.97 Å². The van der Waals surface area contributed by atoms with E-state index >= 15 is 0 Å². The van der Waals surface area contributed by atoms with Crippen LogP contribution in [-0.2, 0) is 4.74 Å². The Morgan fingerprint density at radius 1 is 1.56 bits per heavy atom. The first-order valence-corrected chi connectivity index (χ1v) is 4.89. The Hall–Kier alpha value is -2.11. The quantitative estimate of drug-likeness (QED) is 0.749. The number of esters is 1. The van der Waals surface area contributed by atoms with E-state index in [-0.39, 0.29) is 17.9 Å². The summed E-state index contributed by atoms with van der Waals surface area (Å²) in [7, 11) is 0. The molecule has 0 fully saturated rings. The number of nitrogens with one attached hydrogen (secondary N) is 1. The first-order valence-electron chi connectivity index (χ1n) is 4.89. The predicted octanol–water partition coefficient (Wildman–Crippen LogP) is 0.508. The van der Waals surface area contributed by atoms with Gasteiger partial charge in [0.1, 0.15) is 11.3 Å². The average Bonchev–Trinajstić information content (AvgIpc) is 2.61. The molecule has 0 radical (unpaired) electrons. The van der Waals surface area contributed by atoms with E-state index in [1.807, 2.05) is 0 Å². The summed E-state index contributed by atoms with van der Waals surface area (Å²) in [5, 5.41) is 4.06. The summed E-state index contributed by atoms with van der Waals surface area (Å²) in [6, 6.07) is 3.06. The van der Waals surface area contributed by atoms with Crippen LogP contribution in [-0.4, -0.2) is 27.2 Å². The summed E-state index contributed by atoms with van der Waals surface area (Å²) in [4.78, 5) is 25.6. The van der Waals surface area contributed by atoms with Gasteiger partial charge in [-0.25, -0.2) is 9.31 Å². The molecule has 16 heavy (non-hydrogen) atoms. The van der Waals surface area contributed by atoms with Gasteiger partial charge in [-0.2, -0.15) is 5.10 Å². The van der Waals surface area contributed by atoms with E-state index in [2.05, 4.69) is 10.1 Å². The molecule has 0 saturated heterocycles. The van der Waals surface area contributed by atoms with Crippen molar-refractivity contribution in [2.24, 2.45) is 0 Å². The molecule has 0 aliphatic rings. The van der Waals surface area contributed by atoms with E-state index < -0.39 is 5.97 Å². The average molecular weight is 221 g/mol. The molecule has 0 unspecified atom stereocenters. The van der Waals surface area contributed by atoms with Crippen molar-refractivity contribution in [2.75, 3.05) is 6.61 Å². The van der Waals surface area contributed by atoms with Crippen LogP contribution in [0.3, 0.4) is 0 Å². The Balaban J connectivity index is 2.64. The van der Waals surface area contributed by atoms with E-state index in [0.717, 1.165) is 0 Å². The third-order valence-electron chi connectivity index (χ3n) is 2.12. The lowest BCUT2D eigenvalue weighted by molar-refractivity contribution is 0.0517. The fourth-order valence-electron chi connectivity index (χ4n) is 1.47. The number of hydrogen-bond acceptors (Lipinski definition) is 4. The Morgan fingerprint density at radius 3 is 3.00 bits per heavy atom. The number of rotatable bonds is 2. The molecule has 2 aromatic heterocycles. The van der Waals surface area contributed by atoms with E-state index in [9.17, 15) is 9.59 Å². The van der Waals surface area contributed by atoms with Crippen LogP contribution in [0.15, 0.2) is 16.9 Å². The number of fused-ring (bicyclic) bond motifs is 1. The number of ether oxygens (including phenoxy) is 1. The molecule has 2 aromatic rings. The highest BCUT2D eigenvalue weighted by molar-refractivity contribution is 5.89. The smallest absolute Gasteiger partial charge is 0.356 e. The molecule has 0 spiro atoms. The molecule has 2 heterocycles. The third kappa shape index (κ3) is 1.58. The standard InChI is InChI=1S/C10H11N3O3/c1-3-16-10(15)8-5-4-7-9(14)11-6(2)12-13(7)8/h4-5H,3H2,1-2H3,(H,11,12,14). The van der Waals surface area contributed by atoms with Crippen molar-refractivity contribution in [3.63, 3.8) is 0 Å². The Kier molecular flexibility index (Phi) is 2.47. The van der Waals surface area contributed by atoms with E-state index in [0.29, 0.717) is 11.3 Å². The highest BCUT2D eigenvalue weighted by Crippen LogP contribution is 2.06. The van der Waals surface area contributed by atoms with Crippen molar-refractivity contribution in [1.29, 1.82) is 0 Å². The molecule has 84 valence electrons. The third-order valence-corrected chi connectivity index (χ3v) is 2.12. The maximum Gasteiger partial charge on any atom is 0.356 e. The number of hydrogen-bond donors (Lipinski definition) is 1. The SMILES string of the molecule is CCOC(=O)c1ccc2c(=O)[nH]c(C)nn12. The molecular weight excluding hydrogens is 210 g/mol. The van der Waals surface area contributed by atoms with Gasteiger partial charge in [0.25, 0.3) is 5.56 Å². The minimum atomic E-state index is -0.486. The lowest BCUT2D eigenvalue weighted by Gasteiger charge is -2.02. The van der Waals surface area contributed by atoms with Crippen LogP contribution in [0.2, 0.25) is 0 Å². The van der Waals surface area contributed by atoms with Crippen molar-refractivity contribution >= 4 is 11.5 Å². The van der Waals surface area contributed by atoms with Crippen LogP contribution >= 0.6 is 0 Å². The second-order valence-corrected chi connectivity index (χ2v) is 3.28. The number of carbonyl (C=O) groups is 1. The lowest BCUT2D eigenvalue weighted by Crippen LogP contribution is -2.17. The Labute approximate surface area is 90.9 Å². The number of aryl methyl sites for hydroxylation is 1. The van der Waals surface area contributed by atoms with E-state index in [4.69, 9.17) is 4.74 Å². The normalized spacial score (nSPS) is 10.6. The molecule has 0 saturated carbocycles. The minimum absolute atomic E-state index is 0.256. The zero-order chi connectivity index (χ0) is 11.7. The van der Waals surface area contributed by atoms with Crippen LogP contribution in [0.1, 0.15) is 23.2 Å². The molecule has 0 aliphatic carbocycles. The van der Waals surface area contributed by atoms with Gasteiger partial charge in [0.15, 0.2) is 5.69 Å². The van der Waals surface area contributed by atoms with Crippen LogP contribution in [0, 0.1) is 6.92 Å². The molecule has 0 amide bonds. The molecule has 6 heteroatoms. The van der Waals surface area contributed by atoms with Gasteiger partial charge in [-0.05, 0) is 26.0 Å². The van der Waals surface area contributed by atoms with Gasteiger partial charge < -0.3 is 9.72 Å². The summed E-state index contributed by atoms with van der Waals surface area (Å²) in [6.07, 6.45) is 0. The van der Waals surface area contributed by atoms with Gasteiger partial charge in [0.2, 0.25) is 0 Å². The summed E-state index contributed by atoms with van der Waals surface area (Å²) < 4.78 is 6.16. The maximum absolute atomic E-state index is 11.5. The molecule has 0 bridgehead atoms. The van der Waals surface area contributed by atoms with E-state index in [1.54, 1.807) is 13.8 Å². The van der Waals surface area contributed by atoms with Crippen molar-refractivity contribution in [3.8, 4) is 0 Å². The first-order chi connectivity index (χ1) is 7.63. The number of carbonyl (C=O) groups excluding carboxylic acids is 1. The van der Waals surface area contributed by atoms with Crippen molar-refractivity contribution < 1.29 is 9.53 Å². The Bertz CT molecular complexity index is 597. The summed E-state index contributed by atoms with van der Waals surface area (Å²) in [6.45, 7) is 3.66.